The van der Waals surface area contributed by atoms with E-state index >= 15 is 0 Å². The van der Waals surface area contributed by atoms with Crippen LogP contribution in [0.5, 0.6) is 0 Å². The van der Waals surface area contributed by atoms with Gasteiger partial charge in [0.1, 0.15) is 11.4 Å². The largest absolute Gasteiger partial charge is 0.464 e. The highest BCUT2D eigenvalue weighted by Crippen LogP contribution is 2.40. The van der Waals surface area contributed by atoms with Crippen LogP contribution in [0.15, 0.2) is 82.3 Å². The minimum Gasteiger partial charge on any atom is -0.464 e. The van der Waals surface area contributed by atoms with Crippen LogP contribution in [0.3, 0.4) is 0 Å². The molecule has 1 atom stereocenters. The number of nitrogens with zero attached hydrogens (tertiary/aromatic N) is 1. The first kappa shape index (κ1) is 20.7. The number of carbonyl (C=O) groups is 1. The van der Waals surface area contributed by atoms with Crippen molar-refractivity contribution >= 4 is 45.1 Å². The van der Waals surface area contributed by atoms with Crippen molar-refractivity contribution in [3.8, 4) is 0 Å². The van der Waals surface area contributed by atoms with Crippen LogP contribution in [0.2, 0.25) is 5.02 Å². The minimum atomic E-state index is -0.514. The predicted molar refractivity (Wildman–Crippen MR) is 130 cm³/mol. The fourth-order valence-electron chi connectivity index (χ4n) is 4.85. The van der Waals surface area contributed by atoms with E-state index in [2.05, 4.69) is 5.32 Å². The number of aromatic nitrogens is 1. The maximum Gasteiger partial charge on any atom is 0.225 e. The zero-order valence-electron chi connectivity index (χ0n) is 17.8. The summed E-state index contributed by atoms with van der Waals surface area (Å²) in [6, 6.07) is 17.0. The van der Waals surface area contributed by atoms with E-state index in [0.29, 0.717) is 33.8 Å². The maximum absolute atomic E-state index is 13.8. The van der Waals surface area contributed by atoms with Gasteiger partial charge in [0, 0.05) is 41.1 Å². The number of carbonyl (C=O) groups excluding carboxylic acids is 1. The summed E-state index contributed by atoms with van der Waals surface area (Å²) in [5.41, 5.74) is 3.84. The van der Waals surface area contributed by atoms with E-state index in [-0.39, 0.29) is 23.6 Å². The van der Waals surface area contributed by atoms with Crippen LogP contribution in [-0.2, 0) is 11.3 Å². The van der Waals surface area contributed by atoms with Crippen LogP contribution in [-0.4, -0.2) is 10.5 Å². The first-order chi connectivity index (χ1) is 16.5. The summed E-state index contributed by atoms with van der Waals surface area (Å²) in [5, 5.41) is 4.64. The molecule has 1 N–H and O–H groups in total. The molecule has 0 fully saturated rings. The molecule has 2 aromatic heterocycles. The van der Waals surface area contributed by atoms with Crippen LogP contribution in [0, 0.1) is 5.82 Å². The Balaban J connectivity index is 1.57. The lowest BCUT2D eigenvalue weighted by molar-refractivity contribution is -0.116. The molecule has 0 saturated carbocycles. The van der Waals surface area contributed by atoms with E-state index in [0.717, 1.165) is 22.0 Å². The first-order valence-corrected chi connectivity index (χ1v) is 11.2. The van der Waals surface area contributed by atoms with E-state index in [1.807, 2.05) is 35.0 Å². The lowest BCUT2D eigenvalue weighted by Gasteiger charge is -2.14. The summed E-state index contributed by atoms with van der Waals surface area (Å²) in [6.45, 7) is 0.445. The highest BCUT2D eigenvalue weighted by molar-refractivity contribution is 6.31. The van der Waals surface area contributed by atoms with E-state index in [9.17, 15) is 14.0 Å². The van der Waals surface area contributed by atoms with E-state index in [4.69, 9.17) is 16.0 Å². The molecule has 3 heterocycles. The number of fused-ring (bicyclic) bond motifs is 1. The van der Waals surface area contributed by atoms with Gasteiger partial charge in [-0.1, -0.05) is 29.8 Å². The van der Waals surface area contributed by atoms with Crippen LogP contribution in [0.1, 0.15) is 29.0 Å². The third-order valence-electron chi connectivity index (χ3n) is 6.35. The second-order valence-electron chi connectivity index (χ2n) is 8.51. The number of hydrogen-bond donors (Lipinski definition) is 1. The molecule has 0 spiro atoms. The summed E-state index contributed by atoms with van der Waals surface area (Å²) in [7, 11) is 0. The molecule has 0 bridgehead atoms. The van der Waals surface area contributed by atoms with Crippen LogP contribution >= 0.6 is 11.6 Å². The Hall–Kier alpha value is -3.90. The van der Waals surface area contributed by atoms with E-state index < -0.39 is 5.92 Å². The molecular weight excluding hydrogens is 455 g/mol. The number of rotatable bonds is 3. The number of nitrogens with one attached hydrogen (secondary N) is 1. The molecule has 1 aliphatic heterocycles. The number of anilines is 1. The van der Waals surface area contributed by atoms with E-state index in [1.54, 1.807) is 24.3 Å². The predicted octanol–water partition coefficient (Wildman–Crippen LogP) is 6.06. The summed E-state index contributed by atoms with van der Waals surface area (Å²) >= 11 is 6.13. The fraction of sp³-hybridized carbons (Fsp3) is 0.111. The van der Waals surface area contributed by atoms with Crippen molar-refractivity contribution in [2.45, 2.75) is 18.9 Å². The molecule has 0 unspecified atom stereocenters. The van der Waals surface area contributed by atoms with Crippen molar-refractivity contribution in [2.24, 2.45) is 0 Å². The summed E-state index contributed by atoms with van der Waals surface area (Å²) in [6.07, 6.45) is 3.48. The normalized spacial score (nSPS) is 15.5. The highest BCUT2D eigenvalue weighted by atomic mass is 35.5. The lowest BCUT2D eigenvalue weighted by Crippen LogP contribution is -2.19. The fourth-order valence-corrected chi connectivity index (χ4v) is 5.02. The number of hydrogen-bond acceptors (Lipinski definition) is 3. The maximum atomic E-state index is 13.8. The molecule has 5 aromatic rings. The second-order valence-corrected chi connectivity index (χ2v) is 8.94. The summed E-state index contributed by atoms with van der Waals surface area (Å²) in [5.74, 6) is -0.996. The van der Waals surface area contributed by atoms with Gasteiger partial charge < -0.3 is 14.3 Å². The van der Waals surface area contributed by atoms with Gasteiger partial charge in [0.2, 0.25) is 5.91 Å². The molecule has 34 heavy (non-hydrogen) atoms. The van der Waals surface area contributed by atoms with Crippen molar-refractivity contribution in [3.05, 3.63) is 111 Å². The van der Waals surface area contributed by atoms with Gasteiger partial charge in [0.25, 0.3) is 0 Å². The Morgan fingerprint density at radius 3 is 2.76 bits per heavy atom. The Labute approximate surface area is 198 Å². The number of benzene rings is 3. The SMILES string of the molecule is O=C1C[C@H](c2coc3ccc(Cl)cc3c2=O)c2cn(Cc3cccc(F)c3)c3cccc(c23)N1. The topological polar surface area (TPSA) is 64.2 Å². The number of amides is 1. The smallest absolute Gasteiger partial charge is 0.225 e. The Kier molecular flexibility index (Phi) is 4.78. The number of halogens is 2. The lowest BCUT2D eigenvalue weighted by atomic mass is 9.89. The average molecular weight is 473 g/mol. The Morgan fingerprint density at radius 1 is 1.06 bits per heavy atom. The molecular formula is C27H18ClFN2O3. The van der Waals surface area contributed by atoms with Gasteiger partial charge in [0.15, 0.2) is 5.43 Å². The molecule has 5 nitrogen and oxygen atoms in total. The molecule has 6 rings (SSSR count). The van der Waals surface area contributed by atoms with Gasteiger partial charge in [-0.2, -0.15) is 0 Å². The summed E-state index contributed by atoms with van der Waals surface area (Å²) < 4.78 is 21.6. The average Bonchev–Trinajstić information content (AvgIpc) is 3.10. The monoisotopic (exact) mass is 472 g/mol. The summed E-state index contributed by atoms with van der Waals surface area (Å²) in [4.78, 5) is 26.3. The second kappa shape index (κ2) is 7.85. The molecule has 1 amide bonds. The van der Waals surface area contributed by atoms with Crippen molar-refractivity contribution in [1.82, 2.24) is 4.57 Å². The van der Waals surface area contributed by atoms with Gasteiger partial charge in [-0.25, -0.2) is 4.39 Å². The minimum absolute atomic E-state index is 0.0879. The van der Waals surface area contributed by atoms with Crippen LogP contribution in [0.4, 0.5) is 10.1 Å². The molecule has 0 saturated heterocycles. The van der Waals surface area contributed by atoms with Crippen LogP contribution < -0.4 is 10.7 Å². The zero-order valence-corrected chi connectivity index (χ0v) is 18.6. The molecule has 0 aliphatic carbocycles. The van der Waals surface area contributed by atoms with Gasteiger partial charge in [-0.3, -0.25) is 9.59 Å². The Bertz CT molecular complexity index is 1670. The quantitative estimate of drug-likeness (QED) is 0.347. The highest BCUT2D eigenvalue weighted by Gasteiger charge is 2.30. The van der Waals surface area contributed by atoms with Gasteiger partial charge in [-0.15, -0.1) is 0 Å². The van der Waals surface area contributed by atoms with E-state index in [1.165, 1.54) is 18.4 Å². The molecule has 3 aromatic carbocycles. The van der Waals surface area contributed by atoms with Crippen molar-refractivity contribution in [3.63, 3.8) is 0 Å². The van der Waals surface area contributed by atoms with Gasteiger partial charge in [-0.05, 0) is 53.6 Å². The Morgan fingerprint density at radius 2 is 1.91 bits per heavy atom. The molecule has 7 heteroatoms. The van der Waals surface area contributed by atoms with Crippen molar-refractivity contribution in [1.29, 1.82) is 0 Å². The van der Waals surface area contributed by atoms with Crippen molar-refractivity contribution in [2.75, 3.05) is 5.32 Å². The van der Waals surface area contributed by atoms with Crippen molar-refractivity contribution < 1.29 is 13.6 Å². The zero-order chi connectivity index (χ0) is 23.4. The first-order valence-electron chi connectivity index (χ1n) is 10.8. The molecule has 168 valence electrons. The van der Waals surface area contributed by atoms with Crippen LogP contribution in [0.25, 0.3) is 21.9 Å². The van der Waals surface area contributed by atoms with Gasteiger partial charge in [0.05, 0.1) is 22.9 Å². The third kappa shape index (κ3) is 3.38. The third-order valence-corrected chi connectivity index (χ3v) is 6.59. The van der Waals surface area contributed by atoms with Gasteiger partial charge >= 0.3 is 0 Å². The molecule has 0 radical (unpaired) electrons. The molecule has 1 aliphatic rings. The standard InChI is InChI=1S/C27H18ClFN2O3/c28-16-7-8-24-19(10-16)27(33)21(14-34-24)18-11-25(32)30-22-5-2-6-23-26(22)20(18)13-31(23)12-15-3-1-4-17(29)9-15/h1-10,13-14,18H,11-12H2,(H,30,32)/t18-/m0/s1.